The van der Waals surface area contributed by atoms with Crippen molar-refractivity contribution in [1.82, 2.24) is 10.6 Å². The monoisotopic (exact) mass is 288 g/mol. The molecule has 1 aromatic rings. The van der Waals surface area contributed by atoms with Gasteiger partial charge in [0.05, 0.1) is 0 Å². The molecule has 0 radical (unpaired) electrons. The van der Waals surface area contributed by atoms with E-state index in [-0.39, 0.29) is 11.9 Å². The van der Waals surface area contributed by atoms with Crippen LogP contribution in [0.4, 0.5) is 0 Å². The van der Waals surface area contributed by atoms with Crippen LogP contribution in [0.25, 0.3) is 0 Å². The zero-order valence-electron chi connectivity index (χ0n) is 10.6. The van der Waals surface area contributed by atoms with Gasteiger partial charge in [0.2, 0.25) is 5.91 Å². The molecule has 0 spiro atoms. The predicted octanol–water partition coefficient (Wildman–Crippen LogP) is 3.00. The highest BCUT2D eigenvalue weighted by Crippen LogP contribution is 2.20. The first-order chi connectivity index (χ1) is 8.49. The van der Waals surface area contributed by atoms with Crippen molar-refractivity contribution in [1.29, 1.82) is 0 Å². The van der Waals surface area contributed by atoms with Crippen LogP contribution in [0, 0.1) is 0 Å². The molecule has 100 valence electrons. The van der Waals surface area contributed by atoms with Crippen LogP contribution in [-0.2, 0) is 11.3 Å². The molecule has 1 rings (SSSR count). The second-order valence-electron chi connectivity index (χ2n) is 4.38. The van der Waals surface area contributed by atoms with E-state index < -0.39 is 0 Å². The summed E-state index contributed by atoms with van der Waals surface area (Å²) in [6.07, 6.45) is 0.462. The summed E-state index contributed by atoms with van der Waals surface area (Å²) in [5, 5.41) is 7.28. The SMILES string of the molecule is CC(C)NC(=O)CCNCc1ccc(Cl)cc1Cl. The van der Waals surface area contributed by atoms with Gasteiger partial charge in [0.1, 0.15) is 0 Å². The zero-order chi connectivity index (χ0) is 13.5. The fourth-order valence-electron chi connectivity index (χ4n) is 1.48. The van der Waals surface area contributed by atoms with E-state index in [4.69, 9.17) is 23.2 Å². The topological polar surface area (TPSA) is 41.1 Å². The van der Waals surface area contributed by atoms with Crippen molar-refractivity contribution in [3.05, 3.63) is 33.8 Å². The standard InChI is InChI=1S/C13H18Cl2N2O/c1-9(2)17-13(18)5-6-16-8-10-3-4-11(14)7-12(10)15/h3-4,7,9,16H,5-6,8H2,1-2H3,(H,17,18). The summed E-state index contributed by atoms with van der Waals surface area (Å²) >= 11 is 11.8. The maximum absolute atomic E-state index is 11.4. The number of halogens is 2. The number of carbonyl (C=O) groups excluding carboxylic acids is 1. The molecule has 18 heavy (non-hydrogen) atoms. The lowest BCUT2D eigenvalue weighted by molar-refractivity contribution is -0.121. The average molecular weight is 289 g/mol. The molecule has 0 atom stereocenters. The Morgan fingerprint density at radius 2 is 2.06 bits per heavy atom. The van der Waals surface area contributed by atoms with Gasteiger partial charge in [-0.25, -0.2) is 0 Å². The summed E-state index contributed by atoms with van der Waals surface area (Å²) in [4.78, 5) is 11.4. The van der Waals surface area contributed by atoms with Crippen LogP contribution >= 0.6 is 23.2 Å². The average Bonchev–Trinajstić information content (AvgIpc) is 2.25. The van der Waals surface area contributed by atoms with Gasteiger partial charge < -0.3 is 10.6 Å². The largest absolute Gasteiger partial charge is 0.354 e. The van der Waals surface area contributed by atoms with Gasteiger partial charge in [-0.1, -0.05) is 29.3 Å². The Kier molecular flexibility index (Phi) is 6.47. The lowest BCUT2D eigenvalue weighted by atomic mass is 10.2. The third kappa shape index (κ3) is 5.71. The van der Waals surface area contributed by atoms with E-state index in [1.54, 1.807) is 12.1 Å². The van der Waals surface area contributed by atoms with Crippen LogP contribution in [0.5, 0.6) is 0 Å². The van der Waals surface area contributed by atoms with Crippen LogP contribution in [0.2, 0.25) is 10.0 Å². The molecule has 0 bridgehead atoms. The summed E-state index contributed by atoms with van der Waals surface area (Å²) < 4.78 is 0. The van der Waals surface area contributed by atoms with Crippen molar-refractivity contribution in [2.45, 2.75) is 32.9 Å². The molecule has 5 heteroatoms. The molecule has 0 saturated heterocycles. The maximum Gasteiger partial charge on any atom is 0.221 e. The zero-order valence-corrected chi connectivity index (χ0v) is 12.1. The first-order valence-electron chi connectivity index (χ1n) is 5.93. The van der Waals surface area contributed by atoms with E-state index in [0.717, 1.165) is 5.56 Å². The predicted molar refractivity (Wildman–Crippen MR) is 76.1 cm³/mol. The Morgan fingerprint density at radius 1 is 1.33 bits per heavy atom. The minimum absolute atomic E-state index is 0.0553. The van der Waals surface area contributed by atoms with Crippen LogP contribution in [0.1, 0.15) is 25.8 Å². The number of carbonyl (C=O) groups is 1. The quantitative estimate of drug-likeness (QED) is 0.790. The normalized spacial score (nSPS) is 10.7. The summed E-state index contributed by atoms with van der Waals surface area (Å²) in [6.45, 7) is 5.14. The molecule has 0 aliphatic carbocycles. The molecular weight excluding hydrogens is 271 g/mol. The highest BCUT2D eigenvalue weighted by molar-refractivity contribution is 6.35. The first kappa shape index (κ1) is 15.3. The minimum Gasteiger partial charge on any atom is -0.354 e. The van der Waals surface area contributed by atoms with Gasteiger partial charge >= 0.3 is 0 Å². The molecule has 1 aromatic carbocycles. The van der Waals surface area contributed by atoms with Gasteiger partial charge in [0, 0.05) is 35.6 Å². The van der Waals surface area contributed by atoms with Crippen molar-refractivity contribution in [3.63, 3.8) is 0 Å². The molecule has 0 saturated carbocycles. The summed E-state index contributed by atoms with van der Waals surface area (Å²) in [5.41, 5.74) is 0.977. The van der Waals surface area contributed by atoms with E-state index in [1.807, 2.05) is 19.9 Å². The van der Waals surface area contributed by atoms with Crippen molar-refractivity contribution in [3.8, 4) is 0 Å². The van der Waals surface area contributed by atoms with Crippen LogP contribution in [-0.4, -0.2) is 18.5 Å². The van der Waals surface area contributed by atoms with E-state index in [1.165, 1.54) is 0 Å². The van der Waals surface area contributed by atoms with Crippen molar-refractivity contribution in [2.75, 3.05) is 6.54 Å². The lowest BCUT2D eigenvalue weighted by Crippen LogP contribution is -2.32. The summed E-state index contributed by atoms with van der Waals surface area (Å²) in [7, 11) is 0. The third-order valence-electron chi connectivity index (χ3n) is 2.31. The minimum atomic E-state index is 0.0553. The second kappa shape index (κ2) is 7.62. The second-order valence-corrected chi connectivity index (χ2v) is 5.23. The lowest BCUT2D eigenvalue weighted by Gasteiger charge is -2.09. The Balaban J connectivity index is 2.27. The summed E-state index contributed by atoms with van der Waals surface area (Å²) in [6, 6.07) is 5.58. The van der Waals surface area contributed by atoms with Crippen LogP contribution in [0.15, 0.2) is 18.2 Å². The number of hydrogen-bond acceptors (Lipinski definition) is 2. The Bertz CT molecular complexity index is 408. The number of rotatable bonds is 6. The summed E-state index contributed by atoms with van der Waals surface area (Å²) in [5.74, 6) is 0.0553. The molecule has 2 N–H and O–H groups in total. The van der Waals surface area contributed by atoms with Crippen molar-refractivity contribution < 1.29 is 4.79 Å². The Hall–Kier alpha value is -0.770. The van der Waals surface area contributed by atoms with Crippen molar-refractivity contribution in [2.24, 2.45) is 0 Å². The van der Waals surface area contributed by atoms with Gasteiger partial charge in [0.25, 0.3) is 0 Å². The third-order valence-corrected chi connectivity index (χ3v) is 2.90. The smallest absolute Gasteiger partial charge is 0.221 e. The first-order valence-corrected chi connectivity index (χ1v) is 6.68. The van der Waals surface area contributed by atoms with Gasteiger partial charge in [-0.05, 0) is 31.5 Å². The van der Waals surface area contributed by atoms with E-state index in [0.29, 0.717) is 29.6 Å². The Labute approximate surface area is 118 Å². The molecule has 0 aromatic heterocycles. The number of benzene rings is 1. The van der Waals surface area contributed by atoms with E-state index >= 15 is 0 Å². The highest BCUT2D eigenvalue weighted by atomic mass is 35.5. The molecule has 3 nitrogen and oxygen atoms in total. The van der Waals surface area contributed by atoms with Gasteiger partial charge in [-0.3, -0.25) is 4.79 Å². The highest BCUT2D eigenvalue weighted by Gasteiger charge is 2.04. The molecule has 0 fully saturated rings. The van der Waals surface area contributed by atoms with Gasteiger partial charge in [0.15, 0.2) is 0 Å². The fourth-order valence-corrected chi connectivity index (χ4v) is 1.96. The number of amides is 1. The molecular formula is C13H18Cl2N2O. The molecule has 0 unspecified atom stereocenters. The van der Waals surface area contributed by atoms with Crippen LogP contribution in [0.3, 0.4) is 0 Å². The van der Waals surface area contributed by atoms with Gasteiger partial charge in [-0.15, -0.1) is 0 Å². The number of nitrogens with one attached hydrogen (secondary N) is 2. The molecule has 1 amide bonds. The van der Waals surface area contributed by atoms with Gasteiger partial charge in [-0.2, -0.15) is 0 Å². The van der Waals surface area contributed by atoms with Crippen LogP contribution < -0.4 is 10.6 Å². The molecule has 0 heterocycles. The molecule has 0 aliphatic rings. The molecule has 0 aliphatic heterocycles. The maximum atomic E-state index is 11.4. The van der Waals surface area contributed by atoms with Crippen molar-refractivity contribution >= 4 is 29.1 Å². The van der Waals surface area contributed by atoms with E-state index in [9.17, 15) is 4.79 Å². The fraction of sp³-hybridized carbons (Fsp3) is 0.462. The van der Waals surface area contributed by atoms with E-state index in [2.05, 4.69) is 10.6 Å². The Morgan fingerprint density at radius 3 is 2.67 bits per heavy atom. The number of hydrogen-bond donors (Lipinski definition) is 2.